The Labute approximate surface area is 141 Å². The molecule has 0 aliphatic carbocycles. The van der Waals surface area contributed by atoms with Gasteiger partial charge in [0.25, 0.3) is 0 Å². The highest BCUT2D eigenvalue weighted by atomic mass is 35.5. The van der Waals surface area contributed by atoms with Gasteiger partial charge in [0.2, 0.25) is 5.88 Å². The molecule has 6 heteroatoms. The smallest absolute Gasteiger partial charge is 0.213 e. The van der Waals surface area contributed by atoms with Crippen LogP contribution in [0.4, 0.5) is 5.69 Å². The van der Waals surface area contributed by atoms with Crippen molar-refractivity contribution in [3.63, 3.8) is 0 Å². The summed E-state index contributed by atoms with van der Waals surface area (Å²) in [6.07, 6.45) is 1.71. The lowest BCUT2D eigenvalue weighted by Crippen LogP contribution is -2.19. The second kappa shape index (κ2) is 8.37. The quantitative estimate of drug-likeness (QED) is 0.845. The van der Waals surface area contributed by atoms with Gasteiger partial charge in [-0.2, -0.15) is 5.26 Å². The van der Waals surface area contributed by atoms with Crippen LogP contribution in [0.1, 0.15) is 11.1 Å². The number of para-hydroxylation sites is 1. The molecule has 2 aromatic rings. The molecule has 0 radical (unpaired) electrons. The molecule has 0 atom stereocenters. The van der Waals surface area contributed by atoms with Crippen LogP contribution in [0.15, 0.2) is 36.5 Å². The van der Waals surface area contributed by atoms with Crippen LogP contribution in [0.5, 0.6) is 5.88 Å². The zero-order valence-corrected chi connectivity index (χ0v) is 14.0. The molecule has 1 aromatic heterocycles. The van der Waals surface area contributed by atoms with Crippen LogP contribution in [0.2, 0.25) is 5.02 Å². The van der Waals surface area contributed by atoms with Crippen LogP contribution in [0.25, 0.3) is 0 Å². The molecule has 1 N–H and O–H groups in total. The number of anilines is 1. The number of benzene rings is 1. The van der Waals surface area contributed by atoms with Crippen molar-refractivity contribution >= 4 is 17.3 Å². The van der Waals surface area contributed by atoms with E-state index in [0.717, 1.165) is 12.1 Å². The molecule has 0 fully saturated rings. The van der Waals surface area contributed by atoms with Crippen LogP contribution in [-0.2, 0) is 6.54 Å². The van der Waals surface area contributed by atoms with E-state index in [4.69, 9.17) is 21.6 Å². The number of nitrogens with one attached hydrogen (secondary N) is 1. The Morgan fingerprint density at radius 3 is 2.91 bits per heavy atom. The minimum Gasteiger partial charge on any atom is -0.476 e. The minimum atomic E-state index is 0.522. The minimum absolute atomic E-state index is 0.522. The second-order valence-corrected chi connectivity index (χ2v) is 5.69. The SMILES string of the molecule is CN(C)CCOc1cc(CNc2c(Cl)cccc2C#N)ccn1. The molecule has 0 bridgehead atoms. The fraction of sp³-hybridized carbons (Fsp3) is 0.294. The Balaban J connectivity index is 2.00. The number of pyridine rings is 1. The number of nitrogens with zero attached hydrogens (tertiary/aromatic N) is 3. The van der Waals surface area contributed by atoms with E-state index in [1.54, 1.807) is 24.4 Å². The molecule has 1 heterocycles. The lowest BCUT2D eigenvalue weighted by molar-refractivity contribution is 0.253. The van der Waals surface area contributed by atoms with Gasteiger partial charge in [0.15, 0.2) is 0 Å². The van der Waals surface area contributed by atoms with Crippen LogP contribution in [0.3, 0.4) is 0 Å². The van der Waals surface area contributed by atoms with Crippen molar-refractivity contribution in [2.24, 2.45) is 0 Å². The molecule has 1 aromatic carbocycles. The maximum Gasteiger partial charge on any atom is 0.213 e. The van der Waals surface area contributed by atoms with E-state index in [1.165, 1.54) is 0 Å². The highest BCUT2D eigenvalue weighted by molar-refractivity contribution is 6.33. The fourth-order valence-corrected chi connectivity index (χ4v) is 2.20. The van der Waals surface area contributed by atoms with Crippen molar-refractivity contribution in [1.82, 2.24) is 9.88 Å². The maximum atomic E-state index is 9.14. The third-order valence-electron chi connectivity index (χ3n) is 3.19. The lowest BCUT2D eigenvalue weighted by atomic mass is 10.2. The van der Waals surface area contributed by atoms with E-state index in [9.17, 15) is 0 Å². The molecule has 0 spiro atoms. The third-order valence-corrected chi connectivity index (χ3v) is 3.51. The summed E-state index contributed by atoms with van der Waals surface area (Å²) in [5, 5.41) is 12.9. The molecule has 0 saturated carbocycles. The second-order valence-electron chi connectivity index (χ2n) is 5.28. The predicted octanol–water partition coefficient (Wildman–Crippen LogP) is 3.16. The Hall–Kier alpha value is -2.29. The third kappa shape index (κ3) is 5.13. The van der Waals surface area contributed by atoms with Crippen molar-refractivity contribution in [1.29, 1.82) is 5.26 Å². The molecule has 0 aliphatic rings. The van der Waals surface area contributed by atoms with E-state index in [-0.39, 0.29) is 0 Å². The molecule has 23 heavy (non-hydrogen) atoms. The van der Waals surface area contributed by atoms with E-state index >= 15 is 0 Å². The molecular weight excluding hydrogens is 312 g/mol. The molecule has 0 amide bonds. The van der Waals surface area contributed by atoms with Gasteiger partial charge in [-0.05, 0) is 37.9 Å². The monoisotopic (exact) mass is 330 g/mol. The van der Waals surface area contributed by atoms with Gasteiger partial charge in [-0.25, -0.2) is 4.98 Å². The molecule has 0 aliphatic heterocycles. The van der Waals surface area contributed by atoms with Crippen molar-refractivity contribution in [2.75, 3.05) is 32.6 Å². The van der Waals surface area contributed by atoms with Gasteiger partial charge in [0.1, 0.15) is 12.7 Å². The largest absolute Gasteiger partial charge is 0.476 e. The average Bonchev–Trinajstić information content (AvgIpc) is 2.53. The summed E-state index contributed by atoms with van der Waals surface area (Å²) in [5.74, 6) is 0.589. The average molecular weight is 331 g/mol. The van der Waals surface area contributed by atoms with E-state index in [0.29, 0.717) is 35.3 Å². The summed E-state index contributed by atoms with van der Waals surface area (Å²) >= 11 is 6.15. The van der Waals surface area contributed by atoms with E-state index < -0.39 is 0 Å². The normalized spacial score (nSPS) is 10.4. The zero-order chi connectivity index (χ0) is 16.7. The summed E-state index contributed by atoms with van der Waals surface area (Å²) in [6.45, 7) is 1.94. The summed E-state index contributed by atoms with van der Waals surface area (Å²) in [6, 6.07) is 11.2. The zero-order valence-electron chi connectivity index (χ0n) is 13.2. The number of nitriles is 1. The van der Waals surface area contributed by atoms with E-state index in [1.807, 2.05) is 31.1 Å². The van der Waals surface area contributed by atoms with Crippen molar-refractivity contribution in [3.05, 3.63) is 52.7 Å². The van der Waals surface area contributed by atoms with Crippen LogP contribution in [-0.4, -0.2) is 37.1 Å². The summed E-state index contributed by atoms with van der Waals surface area (Å²) in [7, 11) is 3.99. The maximum absolute atomic E-state index is 9.14. The molecular formula is C17H19ClN4O. The standard InChI is InChI=1S/C17H19ClN4O/c1-22(2)8-9-23-16-10-13(6-7-20-16)12-21-17-14(11-19)4-3-5-15(17)18/h3-7,10,21H,8-9,12H2,1-2H3. The Morgan fingerprint density at radius 2 is 2.17 bits per heavy atom. The highest BCUT2D eigenvalue weighted by Gasteiger charge is 2.07. The summed E-state index contributed by atoms with van der Waals surface area (Å²) < 4.78 is 5.62. The van der Waals surface area contributed by atoms with Crippen LogP contribution >= 0.6 is 11.6 Å². The molecule has 2 rings (SSSR count). The number of halogens is 1. The molecule has 0 saturated heterocycles. The van der Waals surface area contributed by atoms with Gasteiger partial charge in [-0.3, -0.25) is 0 Å². The Bertz CT molecular complexity index is 697. The Morgan fingerprint density at radius 1 is 1.35 bits per heavy atom. The fourth-order valence-electron chi connectivity index (χ4n) is 1.96. The number of likely N-dealkylation sites (N-methyl/N-ethyl adjacent to an activating group) is 1. The van der Waals surface area contributed by atoms with Gasteiger partial charge >= 0.3 is 0 Å². The van der Waals surface area contributed by atoms with Gasteiger partial charge in [0.05, 0.1) is 16.3 Å². The van der Waals surface area contributed by atoms with Gasteiger partial charge in [-0.1, -0.05) is 17.7 Å². The summed E-state index contributed by atoms with van der Waals surface area (Å²) in [5.41, 5.74) is 2.17. The highest BCUT2D eigenvalue weighted by Crippen LogP contribution is 2.26. The van der Waals surface area contributed by atoms with Crippen LogP contribution < -0.4 is 10.1 Å². The van der Waals surface area contributed by atoms with Crippen molar-refractivity contribution in [3.8, 4) is 11.9 Å². The first-order chi connectivity index (χ1) is 11.1. The molecule has 120 valence electrons. The van der Waals surface area contributed by atoms with E-state index in [2.05, 4.69) is 16.4 Å². The number of hydrogen-bond acceptors (Lipinski definition) is 5. The number of rotatable bonds is 7. The lowest BCUT2D eigenvalue weighted by Gasteiger charge is -2.12. The van der Waals surface area contributed by atoms with Crippen molar-refractivity contribution < 1.29 is 4.74 Å². The number of hydrogen-bond donors (Lipinski definition) is 1. The van der Waals surface area contributed by atoms with Gasteiger partial charge < -0.3 is 15.0 Å². The number of aromatic nitrogens is 1. The first-order valence-electron chi connectivity index (χ1n) is 7.25. The topological polar surface area (TPSA) is 61.2 Å². The molecule has 0 unspecified atom stereocenters. The number of ether oxygens (including phenoxy) is 1. The predicted molar refractivity (Wildman–Crippen MR) is 91.8 cm³/mol. The van der Waals surface area contributed by atoms with Gasteiger partial charge in [-0.15, -0.1) is 0 Å². The Kier molecular flexibility index (Phi) is 6.21. The van der Waals surface area contributed by atoms with Crippen LogP contribution in [0, 0.1) is 11.3 Å². The van der Waals surface area contributed by atoms with Gasteiger partial charge in [0, 0.05) is 25.4 Å². The first-order valence-corrected chi connectivity index (χ1v) is 7.63. The molecule has 5 nitrogen and oxygen atoms in total. The summed E-state index contributed by atoms with van der Waals surface area (Å²) in [4.78, 5) is 6.24. The first kappa shape index (κ1) is 17.1. The van der Waals surface area contributed by atoms with Crippen molar-refractivity contribution in [2.45, 2.75) is 6.54 Å².